The zero-order valence-electron chi connectivity index (χ0n) is 10.0. The summed E-state index contributed by atoms with van der Waals surface area (Å²) >= 11 is 4.32. The lowest BCUT2D eigenvalue weighted by Crippen LogP contribution is -1.96. The van der Waals surface area contributed by atoms with Crippen LogP contribution in [0.1, 0.15) is 29.2 Å². The first-order valence-electron chi connectivity index (χ1n) is 4.99. The highest BCUT2D eigenvalue weighted by molar-refractivity contribution is 7.84. The molecule has 0 unspecified atom stereocenters. The van der Waals surface area contributed by atoms with Gasteiger partial charge in [0.05, 0.1) is 7.11 Å². The fraction of sp³-hybridized carbons (Fsp3) is 0.385. The van der Waals surface area contributed by atoms with E-state index in [0.29, 0.717) is 0 Å². The lowest BCUT2D eigenvalue weighted by molar-refractivity contribution is 0.411. The molecule has 0 heterocycles. The van der Waals surface area contributed by atoms with Gasteiger partial charge in [0.1, 0.15) is 5.75 Å². The van der Waals surface area contributed by atoms with E-state index in [1.54, 1.807) is 7.11 Å². The van der Waals surface area contributed by atoms with Gasteiger partial charge in [-0.15, -0.1) is 12.6 Å². The molecule has 82 valence electrons. The molecule has 0 saturated heterocycles. The van der Waals surface area contributed by atoms with E-state index in [0.717, 1.165) is 10.7 Å². The van der Waals surface area contributed by atoms with Crippen LogP contribution in [0.2, 0.25) is 0 Å². The van der Waals surface area contributed by atoms with E-state index in [4.69, 9.17) is 4.74 Å². The highest BCUT2D eigenvalue weighted by Gasteiger charge is 2.08. The fourth-order valence-electron chi connectivity index (χ4n) is 1.68. The average molecular weight is 222 g/mol. The monoisotopic (exact) mass is 222 g/mol. The number of ether oxygens (including phenoxy) is 1. The Morgan fingerprint density at radius 1 is 1.27 bits per heavy atom. The third kappa shape index (κ3) is 2.57. The van der Waals surface area contributed by atoms with Crippen LogP contribution in [-0.4, -0.2) is 7.11 Å². The van der Waals surface area contributed by atoms with E-state index in [1.165, 1.54) is 22.3 Å². The second-order valence-electron chi connectivity index (χ2n) is 3.85. The average Bonchev–Trinajstić information content (AvgIpc) is 2.18. The van der Waals surface area contributed by atoms with Gasteiger partial charge in [-0.1, -0.05) is 0 Å². The van der Waals surface area contributed by atoms with Crippen LogP contribution in [0.3, 0.4) is 0 Å². The zero-order valence-corrected chi connectivity index (χ0v) is 10.9. The maximum Gasteiger partial charge on any atom is 0.122 e. The predicted octanol–water partition coefficient (Wildman–Crippen LogP) is 3.91. The van der Waals surface area contributed by atoms with Gasteiger partial charge in [0, 0.05) is 0 Å². The lowest BCUT2D eigenvalue weighted by Gasteiger charge is -2.13. The van der Waals surface area contributed by atoms with Gasteiger partial charge in [0.25, 0.3) is 0 Å². The minimum absolute atomic E-state index is 0.943. The summed E-state index contributed by atoms with van der Waals surface area (Å²) in [5.41, 5.74) is 4.94. The highest BCUT2D eigenvalue weighted by atomic mass is 32.1. The molecular formula is C13H18OS. The summed E-state index contributed by atoms with van der Waals surface area (Å²) in [6, 6.07) is 2.08. The molecule has 0 atom stereocenters. The highest BCUT2D eigenvalue weighted by Crippen LogP contribution is 2.29. The van der Waals surface area contributed by atoms with E-state index in [-0.39, 0.29) is 0 Å². The van der Waals surface area contributed by atoms with Gasteiger partial charge < -0.3 is 4.74 Å². The molecule has 0 spiro atoms. The van der Waals surface area contributed by atoms with Crippen LogP contribution in [0.5, 0.6) is 5.75 Å². The van der Waals surface area contributed by atoms with Crippen LogP contribution in [-0.2, 0) is 0 Å². The second kappa shape index (κ2) is 4.75. The van der Waals surface area contributed by atoms with Crippen LogP contribution >= 0.6 is 12.6 Å². The molecule has 0 fully saturated rings. The number of hydrogen-bond donors (Lipinski definition) is 1. The number of benzene rings is 1. The molecule has 0 aliphatic heterocycles. The van der Waals surface area contributed by atoms with Crippen molar-refractivity contribution >= 4 is 18.7 Å². The standard InChI is InChI=1S/C13H18OS/c1-8-6-13(14-5)11(4)12(10(8)3)7-9(2)15/h6-7,15H,1-5H3/b9-7-. The Labute approximate surface area is 97.6 Å². The molecule has 0 aromatic heterocycles. The van der Waals surface area contributed by atoms with Gasteiger partial charge in [0.15, 0.2) is 0 Å². The summed E-state index contributed by atoms with van der Waals surface area (Å²) in [6.07, 6.45) is 2.09. The summed E-state index contributed by atoms with van der Waals surface area (Å²) in [4.78, 5) is 1.01. The summed E-state index contributed by atoms with van der Waals surface area (Å²) in [6.45, 7) is 8.29. The molecule has 1 aromatic carbocycles. The molecule has 15 heavy (non-hydrogen) atoms. The Bertz CT molecular complexity index is 401. The Balaban J connectivity index is 3.47. The number of allylic oxidation sites excluding steroid dienone is 1. The zero-order chi connectivity index (χ0) is 11.6. The van der Waals surface area contributed by atoms with Crippen LogP contribution in [0.15, 0.2) is 11.0 Å². The number of methoxy groups -OCH3 is 1. The quantitative estimate of drug-likeness (QED) is 0.746. The van der Waals surface area contributed by atoms with Crippen molar-refractivity contribution in [2.24, 2.45) is 0 Å². The Morgan fingerprint density at radius 3 is 2.33 bits per heavy atom. The minimum atomic E-state index is 0.943. The van der Waals surface area contributed by atoms with Crippen molar-refractivity contribution in [2.45, 2.75) is 27.7 Å². The number of hydrogen-bond acceptors (Lipinski definition) is 2. The van der Waals surface area contributed by atoms with Crippen LogP contribution in [0, 0.1) is 20.8 Å². The van der Waals surface area contributed by atoms with Crippen molar-refractivity contribution in [2.75, 3.05) is 7.11 Å². The number of thiol groups is 1. The third-order valence-corrected chi connectivity index (χ3v) is 2.82. The third-order valence-electron chi connectivity index (χ3n) is 2.69. The van der Waals surface area contributed by atoms with E-state index < -0.39 is 0 Å². The molecule has 0 radical (unpaired) electrons. The Hall–Kier alpha value is -0.890. The molecule has 0 N–H and O–H groups in total. The number of aryl methyl sites for hydroxylation is 1. The van der Waals surface area contributed by atoms with Gasteiger partial charge in [-0.2, -0.15) is 0 Å². The van der Waals surface area contributed by atoms with Crippen molar-refractivity contribution in [3.05, 3.63) is 33.2 Å². The summed E-state index contributed by atoms with van der Waals surface area (Å²) < 4.78 is 5.35. The van der Waals surface area contributed by atoms with Gasteiger partial charge in [-0.25, -0.2) is 0 Å². The summed E-state index contributed by atoms with van der Waals surface area (Å²) in [5, 5.41) is 0. The summed E-state index contributed by atoms with van der Waals surface area (Å²) in [5.74, 6) is 0.943. The van der Waals surface area contributed by atoms with Crippen molar-refractivity contribution in [3.8, 4) is 5.75 Å². The Morgan fingerprint density at radius 2 is 1.87 bits per heavy atom. The largest absolute Gasteiger partial charge is 0.496 e. The van der Waals surface area contributed by atoms with E-state index in [1.807, 2.05) is 6.92 Å². The van der Waals surface area contributed by atoms with Crippen LogP contribution in [0.25, 0.3) is 6.08 Å². The van der Waals surface area contributed by atoms with Gasteiger partial charge in [0.2, 0.25) is 0 Å². The SMILES string of the molecule is COc1cc(C)c(C)c(/C=C(/C)S)c1C. The fourth-order valence-corrected chi connectivity index (χ4v) is 1.81. The predicted molar refractivity (Wildman–Crippen MR) is 69.8 cm³/mol. The molecule has 0 amide bonds. The summed E-state index contributed by atoms with van der Waals surface area (Å²) in [7, 11) is 1.71. The molecule has 1 nitrogen and oxygen atoms in total. The maximum atomic E-state index is 5.35. The molecule has 0 saturated carbocycles. The minimum Gasteiger partial charge on any atom is -0.496 e. The van der Waals surface area contributed by atoms with Crippen LogP contribution < -0.4 is 4.74 Å². The van der Waals surface area contributed by atoms with Crippen molar-refractivity contribution < 1.29 is 4.74 Å². The second-order valence-corrected chi connectivity index (χ2v) is 4.55. The topological polar surface area (TPSA) is 9.23 Å². The molecule has 1 aromatic rings. The normalized spacial score (nSPS) is 11.7. The van der Waals surface area contributed by atoms with Gasteiger partial charge in [-0.3, -0.25) is 0 Å². The number of rotatable bonds is 2. The van der Waals surface area contributed by atoms with E-state index >= 15 is 0 Å². The van der Waals surface area contributed by atoms with E-state index in [2.05, 4.69) is 45.5 Å². The first-order valence-corrected chi connectivity index (χ1v) is 5.44. The first kappa shape index (κ1) is 12.2. The van der Waals surface area contributed by atoms with Gasteiger partial charge >= 0.3 is 0 Å². The maximum absolute atomic E-state index is 5.35. The van der Waals surface area contributed by atoms with E-state index in [9.17, 15) is 0 Å². The first-order chi connectivity index (χ1) is 6.97. The molecule has 0 bridgehead atoms. The Kier molecular flexibility index (Phi) is 3.86. The van der Waals surface area contributed by atoms with Gasteiger partial charge in [-0.05, 0) is 67.0 Å². The van der Waals surface area contributed by atoms with Crippen molar-refractivity contribution in [1.82, 2.24) is 0 Å². The van der Waals surface area contributed by atoms with Crippen LogP contribution in [0.4, 0.5) is 0 Å². The smallest absolute Gasteiger partial charge is 0.122 e. The molecular weight excluding hydrogens is 204 g/mol. The molecule has 2 heteroatoms. The van der Waals surface area contributed by atoms with Crippen molar-refractivity contribution in [1.29, 1.82) is 0 Å². The molecule has 0 aliphatic rings. The molecule has 0 aliphatic carbocycles. The lowest BCUT2D eigenvalue weighted by atomic mass is 9.97. The van der Waals surface area contributed by atoms with Crippen molar-refractivity contribution in [3.63, 3.8) is 0 Å². The molecule has 1 rings (SSSR count).